The van der Waals surface area contributed by atoms with E-state index in [1.807, 2.05) is 53.4 Å². The summed E-state index contributed by atoms with van der Waals surface area (Å²) in [6.45, 7) is 29.4. The van der Waals surface area contributed by atoms with Gasteiger partial charge in [0, 0.05) is 134 Å². The number of halogens is 3. The van der Waals surface area contributed by atoms with Crippen molar-refractivity contribution in [2.45, 2.75) is 84.5 Å². The van der Waals surface area contributed by atoms with E-state index in [-0.39, 0.29) is 92.5 Å². The lowest BCUT2D eigenvalue weighted by molar-refractivity contribution is -0.385. The molecule has 37 heteroatoms. The van der Waals surface area contributed by atoms with Crippen LogP contribution in [0.15, 0.2) is 126 Å². The van der Waals surface area contributed by atoms with E-state index in [2.05, 4.69) is 69.2 Å². The van der Waals surface area contributed by atoms with Crippen LogP contribution in [0, 0.1) is 41.2 Å². The van der Waals surface area contributed by atoms with Crippen LogP contribution in [-0.2, 0) is 16.0 Å². The number of nitrogens with one attached hydrogen (secondary N) is 4. The number of nitro benzene ring substituents is 3. The number of thiophene rings is 2. The average Bonchev–Trinajstić information content (AvgIpc) is 0.944. The molecule has 7 aromatic rings. The van der Waals surface area contributed by atoms with E-state index in [0.717, 1.165) is 148 Å². The largest absolute Gasteiger partial charge is 0.490 e. The van der Waals surface area contributed by atoms with Gasteiger partial charge in [0.1, 0.15) is 60.2 Å². The lowest BCUT2D eigenvalue weighted by Gasteiger charge is -2.32. The zero-order valence-electron chi connectivity index (χ0n) is 69.7. The number of amides is 1. The number of hydrogen-bond donors (Lipinski definition) is 7. The Morgan fingerprint density at radius 3 is 1.34 bits per heavy atom. The smallest absolute Gasteiger partial charge is 0.273 e. The Morgan fingerprint density at radius 1 is 0.512 bits per heavy atom. The minimum atomic E-state index is -0.514. The first kappa shape index (κ1) is 104. The predicted molar refractivity (Wildman–Crippen MR) is 505 cm³/mol. The van der Waals surface area contributed by atoms with Gasteiger partial charge in [-0.25, -0.2) is 0 Å². The summed E-state index contributed by atoms with van der Waals surface area (Å²) in [6.07, 6.45) is 15.9. The molecular weight excluding hydrogens is 1760 g/mol. The number of benzene rings is 5. The maximum atomic E-state index is 10.9. The summed E-state index contributed by atoms with van der Waals surface area (Å²) in [5.74, 6) is 3.96. The first-order chi connectivity index (χ1) is 57.4. The van der Waals surface area contributed by atoms with Crippen LogP contribution in [0.3, 0.4) is 0 Å². The Morgan fingerprint density at radius 2 is 0.909 bits per heavy atom. The molecule has 17 rings (SSSR count). The second kappa shape index (κ2) is 58.1. The van der Waals surface area contributed by atoms with E-state index in [1.165, 1.54) is 176 Å². The molecule has 30 nitrogen and oxygen atoms in total. The number of ether oxygens (including phenoxy) is 6. The molecular formula is C84H120BCl2IN15O15S3. The molecule has 0 bridgehead atoms. The van der Waals surface area contributed by atoms with Gasteiger partial charge in [0.2, 0.25) is 0 Å². The van der Waals surface area contributed by atoms with Crippen LogP contribution in [-0.4, -0.2) is 266 Å². The summed E-state index contributed by atoms with van der Waals surface area (Å²) in [5.41, 5.74) is 13.1. The van der Waals surface area contributed by atoms with Crippen molar-refractivity contribution in [3.05, 3.63) is 172 Å². The Bertz CT molecular complexity index is 4180. The number of nitrogens with two attached hydrogens (primary N) is 1. The second-order valence-electron chi connectivity index (χ2n) is 28.4. The molecule has 5 fully saturated rings. The molecule has 10 aliphatic heterocycles. The minimum Gasteiger partial charge on any atom is -0.490 e. The molecule has 2 aromatic heterocycles. The fourth-order valence-corrected chi connectivity index (χ4v) is 16.1. The zero-order chi connectivity index (χ0) is 84.2. The SMILES string of the molecule is C1CCOC1.CCO.CCO.CSC(=N)c1cccs1.Cl.ClCCN1CCCC1.I.N=C(Cc1ccc2c(c1)OCCN2CCN1CCCC1)c1cccs1.Nc1ccc2c(c1)OCCN2CCN1CCCC1.O=C1COc2cc([N+](=O)[O-])ccc2N1.O=[N+]([O-])c1ccc2c(c1)OCCN2.O=[N+]([O-])c1ccc2c(c1)OCCN2CCN1CCCC1.[B]. The van der Waals surface area contributed by atoms with E-state index in [1.54, 1.807) is 54.7 Å². The molecule has 0 atom stereocenters. The molecule has 8 N–H and O–H groups in total. The van der Waals surface area contributed by atoms with Gasteiger partial charge in [-0.2, -0.15) is 0 Å². The van der Waals surface area contributed by atoms with Crippen LogP contribution in [0.25, 0.3) is 0 Å². The highest BCUT2D eigenvalue weighted by molar-refractivity contribution is 14.0. The number of anilines is 6. The van der Waals surface area contributed by atoms with E-state index in [0.29, 0.717) is 53.3 Å². The van der Waals surface area contributed by atoms with Crippen LogP contribution < -0.4 is 54.8 Å². The number of aliphatic hydroxyl groups is 2. The molecule has 1 amide bonds. The number of hydrogen-bond acceptors (Lipinski definition) is 29. The number of carbonyl (C=O) groups is 1. The van der Waals surface area contributed by atoms with Crippen molar-refractivity contribution in [1.29, 1.82) is 10.8 Å². The van der Waals surface area contributed by atoms with Gasteiger partial charge in [0.05, 0.1) is 91.6 Å². The number of nitrogens with zero attached hydrogens (tertiary/aromatic N) is 10. The Kier molecular flexibility index (Phi) is 49.7. The molecule has 12 heterocycles. The number of non-ortho nitro benzene ring substituents is 3. The highest BCUT2D eigenvalue weighted by Crippen LogP contribution is 2.38. The molecule has 0 saturated carbocycles. The predicted octanol–water partition coefficient (Wildman–Crippen LogP) is 14.6. The van der Waals surface area contributed by atoms with Gasteiger partial charge >= 0.3 is 0 Å². The molecule has 663 valence electrons. The summed E-state index contributed by atoms with van der Waals surface area (Å²) in [4.78, 5) is 60.4. The average molecular weight is 1880 g/mol. The third kappa shape index (κ3) is 36.0. The summed E-state index contributed by atoms with van der Waals surface area (Å²) < 4.78 is 32.3. The number of alkyl halides is 1. The Labute approximate surface area is 753 Å². The van der Waals surface area contributed by atoms with E-state index in [4.69, 9.17) is 66.8 Å². The van der Waals surface area contributed by atoms with Gasteiger partial charge in [-0.05, 0) is 208 Å². The van der Waals surface area contributed by atoms with Crippen molar-refractivity contribution in [2.24, 2.45) is 0 Å². The van der Waals surface area contributed by atoms with Crippen molar-refractivity contribution in [3.63, 3.8) is 0 Å². The molecule has 5 saturated heterocycles. The highest BCUT2D eigenvalue weighted by Gasteiger charge is 2.26. The number of nitro groups is 3. The highest BCUT2D eigenvalue weighted by atomic mass is 127. The first-order valence-electron chi connectivity index (χ1n) is 40.7. The molecule has 10 aliphatic rings. The Balaban J connectivity index is 0.000000250. The van der Waals surface area contributed by atoms with Crippen LogP contribution >= 0.6 is 82.4 Å². The van der Waals surface area contributed by atoms with Crippen molar-refractivity contribution in [3.8, 4) is 28.7 Å². The van der Waals surface area contributed by atoms with Crippen molar-refractivity contribution < 1.29 is 58.2 Å². The van der Waals surface area contributed by atoms with Gasteiger partial charge < -0.3 is 94.7 Å². The van der Waals surface area contributed by atoms with Crippen LogP contribution in [0.5, 0.6) is 28.7 Å². The fourth-order valence-electron chi connectivity index (χ4n) is 13.9. The van der Waals surface area contributed by atoms with Crippen LogP contribution in [0.1, 0.15) is 93.4 Å². The third-order valence-electron chi connectivity index (χ3n) is 19.9. The number of likely N-dealkylation sites (tertiary alicyclic amines) is 4. The van der Waals surface area contributed by atoms with Crippen LogP contribution in [0.2, 0.25) is 0 Å². The zero-order valence-corrected chi connectivity index (χ0v) is 76.0. The molecule has 5 aromatic carbocycles. The number of fused-ring (bicyclic) bond motifs is 5. The summed E-state index contributed by atoms with van der Waals surface area (Å²) >= 11 is 10.3. The van der Waals surface area contributed by atoms with Crippen LogP contribution in [0.4, 0.5) is 51.2 Å². The lowest BCUT2D eigenvalue weighted by atomic mass is 10.1. The molecule has 0 spiro atoms. The summed E-state index contributed by atoms with van der Waals surface area (Å²) in [6, 6.07) is 33.8. The topological polar surface area (TPSA) is 363 Å². The molecule has 0 aliphatic carbocycles. The van der Waals surface area contributed by atoms with Gasteiger partial charge in [-0.1, -0.05) is 18.2 Å². The third-order valence-corrected chi connectivity index (χ3v) is 22.7. The maximum absolute atomic E-state index is 10.9. The fraction of sp³-hybridized carbons (Fsp3) is 0.512. The number of aliphatic hydroxyl groups excluding tert-OH is 2. The normalized spacial score (nSPS) is 16.1. The minimum absolute atomic E-state index is 0. The van der Waals surface area contributed by atoms with Gasteiger partial charge in [-0.15, -0.1) is 82.4 Å². The Hall–Kier alpha value is -8.05. The molecule has 0 unspecified atom stereocenters. The van der Waals surface area contributed by atoms with Gasteiger partial charge in [0.15, 0.2) is 6.61 Å². The first-order valence-corrected chi connectivity index (χ1v) is 44.3. The second-order valence-corrected chi connectivity index (χ2v) is 31.5. The van der Waals surface area contributed by atoms with E-state index < -0.39 is 9.85 Å². The van der Waals surface area contributed by atoms with Gasteiger partial charge in [-0.3, -0.25) is 40.5 Å². The van der Waals surface area contributed by atoms with Crippen molar-refractivity contribution >= 4 is 159 Å². The van der Waals surface area contributed by atoms with E-state index in [9.17, 15) is 35.1 Å². The van der Waals surface area contributed by atoms with E-state index >= 15 is 0 Å². The quantitative estimate of drug-likeness (QED) is 0.00613. The molecule has 121 heavy (non-hydrogen) atoms. The number of nitrogen functional groups attached to an aromatic ring is 1. The summed E-state index contributed by atoms with van der Waals surface area (Å²) in [5, 5.41) is 72.7. The monoisotopic (exact) mass is 1880 g/mol. The maximum Gasteiger partial charge on any atom is 0.273 e. The molecule has 3 radical (unpaired) electrons. The van der Waals surface area contributed by atoms with Gasteiger partial charge in [0.25, 0.3) is 23.0 Å². The number of thioether (sulfide) groups is 1. The number of rotatable bonds is 18. The number of carbonyl (C=O) groups excluding carboxylic acids is 1. The standard InChI is InChI=1S/C20H25N3OS.C14H19N3O3.C14H21N3O.C8H6N2O4.C8H8N2O3.C6H12ClN.C6H7NS2.C4H8O.2C2H6O.B.ClH.HI/c21-17(20-4-3-13-25-20)14-16-5-6-18-19(15-16)24-12-11-23(18)10-9-22-7-1-2-8-22;18-17(19)12-3-4-13-14(11-12)20-10-9-16(13)8-7-15-5-1-2-6-15;15-12-3-4-13-14(11-12)18-10-9-17(13)8-7-16-5-1-2-6-16;11-8-4-14-7-3-5(10(12)13)1-2-6(7)9-8;11-10(12)6-1-2-7-8(5-6)13-4-3-9-7;7-3-6-8-4-1-2-5-8;1-8-6(7)5-3-2-4-9-5;1-2-4-5-3-1;2*1-2-3;;;/h3-6,13,15,21H,1-2,7-12,14H2;3-4,11H,1-2,5-10H2;3-4,11H,1-2,5-10,15H2;1-3H,4H2,(H,9,11);1-2,5,9H,3-4H2;1-6H2;2-4,7H,1H3;1-4H2;2*3H,2H2,1H3;;2*1H. The van der Waals surface area contributed by atoms with Crippen molar-refractivity contribution in [2.75, 3.05) is 227 Å². The lowest BCUT2D eigenvalue weighted by Crippen LogP contribution is -2.38. The summed E-state index contributed by atoms with van der Waals surface area (Å²) in [7, 11) is 0. The van der Waals surface area contributed by atoms with Crippen molar-refractivity contribution in [1.82, 2.24) is 19.6 Å².